The summed E-state index contributed by atoms with van der Waals surface area (Å²) in [7, 11) is 0. The van der Waals surface area contributed by atoms with Gasteiger partial charge in [0.05, 0.1) is 29.2 Å². The van der Waals surface area contributed by atoms with E-state index < -0.39 is 29.7 Å². The maximum absolute atomic E-state index is 13.7. The molecule has 1 amide bonds. The van der Waals surface area contributed by atoms with Crippen LogP contribution < -0.4 is 21.1 Å². The van der Waals surface area contributed by atoms with Crippen molar-refractivity contribution in [3.63, 3.8) is 0 Å². The highest BCUT2D eigenvalue weighted by Gasteiger charge is 2.19. The van der Waals surface area contributed by atoms with Crippen molar-refractivity contribution in [1.29, 1.82) is 0 Å². The first-order valence-electron chi connectivity index (χ1n) is 12.3. The summed E-state index contributed by atoms with van der Waals surface area (Å²) in [6.07, 6.45) is 1.10. The van der Waals surface area contributed by atoms with Crippen LogP contribution in [0.15, 0.2) is 89.9 Å². The Balaban J connectivity index is 1.33. The number of pyridine rings is 1. The zero-order valence-corrected chi connectivity index (χ0v) is 20.9. The van der Waals surface area contributed by atoms with Crippen LogP contribution in [0.5, 0.6) is 5.75 Å². The number of ether oxygens (including phenoxy) is 1. The number of aromatic nitrogens is 3. The van der Waals surface area contributed by atoms with Gasteiger partial charge in [0.1, 0.15) is 17.7 Å². The molecule has 198 valence electrons. The summed E-state index contributed by atoms with van der Waals surface area (Å²) in [4.78, 5) is 34.5. The summed E-state index contributed by atoms with van der Waals surface area (Å²) in [5, 5.41) is 6.02. The molecule has 0 unspecified atom stereocenters. The number of nitrogens with one attached hydrogen (secondary N) is 4. The highest BCUT2D eigenvalue weighted by molar-refractivity contribution is 5.98. The van der Waals surface area contributed by atoms with Gasteiger partial charge in [-0.1, -0.05) is 36.4 Å². The number of H-pyrrole nitrogens is 2. The van der Waals surface area contributed by atoms with E-state index in [-0.39, 0.29) is 17.8 Å². The Morgan fingerprint density at radius 2 is 1.72 bits per heavy atom. The third-order valence-corrected chi connectivity index (χ3v) is 6.24. The SMILES string of the molecule is C[C@H](NC(=O)c1cccnc1NC[C@H](Oc1ccc2[nH]c(=O)[nH]c2c1)c1ccccc1)c1ccc(F)c(F)c1. The number of carbonyl (C=O) groups excluding carboxylic acids is 1. The molecule has 0 aliphatic heterocycles. The van der Waals surface area contributed by atoms with Gasteiger partial charge in [-0.05, 0) is 54.4 Å². The first-order valence-corrected chi connectivity index (χ1v) is 12.3. The molecule has 0 bridgehead atoms. The zero-order chi connectivity index (χ0) is 27.4. The third kappa shape index (κ3) is 5.96. The fourth-order valence-corrected chi connectivity index (χ4v) is 4.20. The van der Waals surface area contributed by atoms with Gasteiger partial charge in [0.25, 0.3) is 5.91 Å². The largest absolute Gasteiger partial charge is 0.484 e. The van der Waals surface area contributed by atoms with Gasteiger partial charge in [-0.25, -0.2) is 18.6 Å². The molecule has 4 N–H and O–H groups in total. The summed E-state index contributed by atoms with van der Waals surface area (Å²) in [6, 6.07) is 21.0. The average Bonchev–Trinajstić information content (AvgIpc) is 3.32. The Bertz CT molecular complexity index is 1670. The maximum atomic E-state index is 13.7. The summed E-state index contributed by atoms with van der Waals surface area (Å²) < 4.78 is 33.3. The quantitative estimate of drug-likeness (QED) is 0.208. The second-order valence-electron chi connectivity index (χ2n) is 8.95. The number of carbonyl (C=O) groups is 1. The van der Waals surface area contributed by atoms with Crippen molar-refractivity contribution in [3.8, 4) is 5.75 Å². The van der Waals surface area contributed by atoms with E-state index in [1.807, 2.05) is 30.3 Å². The minimum atomic E-state index is -0.980. The van der Waals surface area contributed by atoms with Crippen LogP contribution in [-0.4, -0.2) is 27.4 Å². The lowest BCUT2D eigenvalue weighted by molar-refractivity contribution is 0.0940. The van der Waals surface area contributed by atoms with E-state index in [4.69, 9.17) is 4.74 Å². The Morgan fingerprint density at radius 1 is 0.923 bits per heavy atom. The molecule has 0 saturated heterocycles. The van der Waals surface area contributed by atoms with Gasteiger partial charge in [-0.2, -0.15) is 0 Å². The van der Waals surface area contributed by atoms with Crippen molar-refractivity contribution in [3.05, 3.63) is 124 Å². The van der Waals surface area contributed by atoms with E-state index in [1.165, 1.54) is 6.07 Å². The van der Waals surface area contributed by atoms with E-state index in [2.05, 4.69) is 25.6 Å². The van der Waals surface area contributed by atoms with Gasteiger partial charge in [0.2, 0.25) is 0 Å². The molecule has 5 rings (SSSR count). The van der Waals surface area contributed by atoms with Crippen LogP contribution in [0.3, 0.4) is 0 Å². The highest BCUT2D eigenvalue weighted by atomic mass is 19.2. The van der Waals surface area contributed by atoms with Crippen molar-refractivity contribution >= 4 is 22.8 Å². The lowest BCUT2D eigenvalue weighted by Crippen LogP contribution is -2.28. The van der Waals surface area contributed by atoms with Gasteiger partial charge >= 0.3 is 5.69 Å². The minimum absolute atomic E-state index is 0.266. The molecule has 2 atom stereocenters. The monoisotopic (exact) mass is 529 g/mol. The molecular formula is C29H25F2N5O3. The summed E-state index contributed by atoms with van der Waals surface area (Å²) in [5.74, 6) is -1.48. The number of halogens is 2. The summed E-state index contributed by atoms with van der Waals surface area (Å²) in [6.45, 7) is 1.95. The Labute approximate surface area is 222 Å². The Kier molecular flexibility index (Phi) is 7.35. The first kappa shape index (κ1) is 25.7. The second-order valence-corrected chi connectivity index (χ2v) is 8.95. The lowest BCUT2D eigenvalue weighted by atomic mass is 10.1. The average molecular weight is 530 g/mol. The molecule has 0 fully saturated rings. The molecule has 39 heavy (non-hydrogen) atoms. The highest BCUT2D eigenvalue weighted by Crippen LogP contribution is 2.26. The van der Waals surface area contributed by atoms with E-state index in [9.17, 15) is 18.4 Å². The Hall–Kier alpha value is -4.99. The predicted octanol–water partition coefficient (Wildman–Crippen LogP) is 5.25. The summed E-state index contributed by atoms with van der Waals surface area (Å²) in [5.41, 5.74) is 2.59. The van der Waals surface area contributed by atoms with E-state index in [0.717, 1.165) is 17.7 Å². The number of aromatic amines is 2. The molecule has 2 heterocycles. The molecule has 8 nitrogen and oxygen atoms in total. The van der Waals surface area contributed by atoms with E-state index in [0.29, 0.717) is 28.2 Å². The van der Waals surface area contributed by atoms with Crippen LogP contribution in [0.4, 0.5) is 14.6 Å². The first-order chi connectivity index (χ1) is 18.9. The van der Waals surface area contributed by atoms with Crippen molar-refractivity contribution in [2.24, 2.45) is 0 Å². The standard InChI is InChI=1S/C29H25F2N5O3/c1-17(19-9-11-22(30)23(31)14-19)34-28(37)21-8-5-13-32-27(21)33-16-26(18-6-3-2-4-7-18)39-20-10-12-24-25(15-20)36-29(38)35-24/h2-15,17,26H,16H2,1H3,(H,32,33)(H,34,37)(H2,35,36,38)/t17-,26-/m0/s1. The van der Waals surface area contributed by atoms with Crippen LogP contribution in [0.2, 0.25) is 0 Å². The van der Waals surface area contributed by atoms with Crippen LogP contribution >= 0.6 is 0 Å². The number of anilines is 1. The molecule has 0 spiro atoms. The third-order valence-electron chi connectivity index (χ3n) is 6.24. The van der Waals surface area contributed by atoms with Crippen LogP contribution in [0.1, 0.15) is 40.6 Å². The van der Waals surface area contributed by atoms with Crippen molar-refractivity contribution in [1.82, 2.24) is 20.3 Å². The number of nitrogens with zero attached hydrogens (tertiary/aromatic N) is 1. The molecular weight excluding hydrogens is 504 g/mol. The van der Waals surface area contributed by atoms with Crippen molar-refractivity contribution in [2.45, 2.75) is 19.1 Å². The van der Waals surface area contributed by atoms with Gasteiger partial charge < -0.3 is 25.3 Å². The smallest absolute Gasteiger partial charge is 0.323 e. The number of hydrogen-bond donors (Lipinski definition) is 4. The molecule has 0 aliphatic rings. The zero-order valence-electron chi connectivity index (χ0n) is 20.9. The topological polar surface area (TPSA) is 112 Å². The second kappa shape index (κ2) is 11.2. The number of rotatable bonds is 9. The number of amides is 1. The fourth-order valence-electron chi connectivity index (χ4n) is 4.20. The van der Waals surface area contributed by atoms with Crippen LogP contribution in [0, 0.1) is 11.6 Å². The van der Waals surface area contributed by atoms with Crippen LogP contribution in [-0.2, 0) is 0 Å². The number of hydrogen-bond acceptors (Lipinski definition) is 5. The Morgan fingerprint density at radius 3 is 2.51 bits per heavy atom. The van der Waals surface area contributed by atoms with Crippen molar-refractivity contribution < 1.29 is 18.3 Å². The van der Waals surface area contributed by atoms with Gasteiger partial charge in [0.15, 0.2) is 11.6 Å². The number of benzene rings is 3. The number of imidazole rings is 1. The molecule has 3 aromatic carbocycles. The maximum Gasteiger partial charge on any atom is 0.323 e. The van der Waals surface area contributed by atoms with Crippen molar-refractivity contribution in [2.75, 3.05) is 11.9 Å². The van der Waals surface area contributed by atoms with Crippen LogP contribution in [0.25, 0.3) is 11.0 Å². The van der Waals surface area contributed by atoms with E-state index in [1.54, 1.807) is 43.5 Å². The molecule has 5 aromatic rings. The molecule has 0 saturated carbocycles. The van der Waals surface area contributed by atoms with Gasteiger partial charge in [-0.3, -0.25) is 4.79 Å². The number of fused-ring (bicyclic) bond motifs is 1. The predicted molar refractivity (Wildman–Crippen MR) is 144 cm³/mol. The summed E-state index contributed by atoms with van der Waals surface area (Å²) >= 11 is 0. The van der Waals surface area contributed by atoms with Gasteiger partial charge in [-0.15, -0.1) is 0 Å². The van der Waals surface area contributed by atoms with E-state index >= 15 is 0 Å². The normalized spacial score (nSPS) is 12.6. The minimum Gasteiger partial charge on any atom is -0.484 e. The molecule has 10 heteroatoms. The molecule has 0 aliphatic carbocycles. The fraction of sp³-hybridized carbons (Fsp3) is 0.138. The lowest BCUT2D eigenvalue weighted by Gasteiger charge is -2.22. The van der Waals surface area contributed by atoms with Gasteiger partial charge in [0, 0.05) is 12.3 Å². The molecule has 2 aromatic heterocycles. The molecule has 0 radical (unpaired) electrons.